The minimum atomic E-state index is 0.569. The van der Waals surface area contributed by atoms with Crippen LogP contribution in [0.3, 0.4) is 0 Å². The van der Waals surface area contributed by atoms with Gasteiger partial charge in [0.2, 0.25) is 0 Å². The average Bonchev–Trinajstić information content (AvgIpc) is 1.83. The molecule has 0 atom stereocenters. The monoisotopic (exact) mass is 133 g/mol. The summed E-state index contributed by atoms with van der Waals surface area (Å²) in [5, 5.41) is 0. The lowest BCUT2D eigenvalue weighted by Gasteiger charge is -1.89. The van der Waals surface area contributed by atoms with Crippen LogP contribution in [0, 0.1) is 0 Å². The summed E-state index contributed by atoms with van der Waals surface area (Å²) in [6.07, 6.45) is 1.11. The predicted molar refractivity (Wildman–Crippen MR) is 39.0 cm³/mol. The van der Waals surface area contributed by atoms with Crippen LogP contribution in [0.2, 0.25) is 0 Å². The number of halogens is 1. The van der Waals surface area contributed by atoms with E-state index in [1.807, 2.05) is 6.92 Å². The van der Waals surface area contributed by atoms with Crippen molar-refractivity contribution in [3.05, 3.63) is 0 Å². The quantitative estimate of drug-likeness (QED) is 0.413. The normalized spacial score (nSPS) is 12.1. The van der Waals surface area contributed by atoms with Crippen LogP contribution in [-0.2, 0) is 0 Å². The molecule has 0 heterocycles. The fraction of sp³-hybridized carbons (Fsp3) is 0.833. The van der Waals surface area contributed by atoms with Crippen molar-refractivity contribution >= 4 is 17.3 Å². The van der Waals surface area contributed by atoms with Crippen LogP contribution in [0.4, 0.5) is 0 Å². The van der Waals surface area contributed by atoms with E-state index in [0.717, 1.165) is 18.7 Å². The molecule has 0 aliphatic rings. The standard InChI is InChI=1S/C6H12ClN/c1-3-4-8-6(2)5-7/h3-5H2,1-2H3/b8-6+. The first kappa shape index (κ1) is 7.96. The molecule has 0 aromatic rings. The maximum absolute atomic E-state index is 5.46. The molecule has 0 fully saturated rings. The third-order valence-corrected chi connectivity index (χ3v) is 1.19. The van der Waals surface area contributed by atoms with Gasteiger partial charge in [-0.05, 0) is 13.3 Å². The van der Waals surface area contributed by atoms with Crippen LogP contribution in [0.5, 0.6) is 0 Å². The second-order valence-electron chi connectivity index (χ2n) is 1.75. The number of aliphatic imine (C=N–C) groups is 1. The third kappa shape index (κ3) is 4.13. The summed E-state index contributed by atoms with van der Waals surface area (Å²) in [5.74, 6) is 0.569. The molecule has 0 aromatic heterocycles. The second-order valence-corrected chi connectivity index (χ2v) is 2.02. The molecule has 0 radical (unpaired) electrons. The van der Waals surface area contributed by atoms with Crippen LogP contribution in [-0.4, -0.2) is 18.1 Å². The van der Waals surface area contributed by atoms with Gasteiger partial charge < -0.3 is 0 Å². The summed E-state index contributed by atoms with van der Waals surface area (Å²) >= 11 is 5.46. The summed E-state index contributed by atoms with van der Waals surface area (Å²) in [6, 6.07) is 0. The Morgan fingerprint density at radius 3 is 2.62 bits per heavy atom. The van der Waals surface area contributed by atoms with Gasteiger partial charge in [0, 0.05) is 12.3 Å². The van der Waals surface area contributed by atoms with Gasteiger partial charge >= 0.3 is 0 Å². The molecule has 0 saturated heterocycles. The number of hydrogen-bond donors (Lipinski definition) is 0. The van der Waals surface area contributed by atoms with Gasteiger partial charge in [-0.2, -0.15) is 0 Å². The van der Waals surface area contributed by atoms with Crippen molar-refractivity contribution in [2.75, 3.05) is 12.4 Å². The van der Waals surface area contributed by atoms with Gasteiger partial charge in [-0.15, -0.1) is 11.6 Å². The van der Waals surface area contributed by atoms with Gasteiger partial charge in [0.05, 0.1) is 5.88 Å². The Labute approximate surface area is 55.8 Å². The zero-order chi connectivity index (χ0) is 6.41. The molecule has 0 rings (SSSR count). The van der Waals surface area contributed by atoms with Crippen molar-refractivity contribution in [2.45, 2.75) is 20.3 Å². The van der Waals surface area contributed by atoms with Crippen molar-refractivity contribution in [2.24, 2.45) is 4.99 Å². The summed E-state index contributed by atoms with van der Waals surface area (Å²) in [4.78, 5) is 4.15. The minimum absolute atomic E-state index is 0.569. The molecule has 0 aliphatic heterocycles. The highest BCUT2D eigenvalue weighted by molar-refractivity contribution is 6.28. The number of hydrogen-bond acceptors (Lipinski definition) is 1. The average molecular weight is 134 g/mol. The Morgan fingerprint density at radius 2 is 2.25 bits per heavy atom. The SMILES string of the molecule is CCC/N=C(\C)CCl. The van der Waals surface area contributed by atoms with Crippen LogP contribution in [0.1, 0.15) is 20.3 Å². The summed E-state index contributed by atoms with van der Waals surface area (Å²) < 4.78 is 0. The Hall–Kier alpha value is -0.0400. The number of nitrogens with zero attached hydrogens (tertiary/aromatic N) is 1. The third-order valence-electron chi connectivity index (χ3n) is 0.799. The lowest BCUT2D eigenvalue weighted by Crippen LogP contribution is -1.93. The van der Waals surface area contributed by atoms with Gasteiger partial charge in [0.1, 0.15) is 0 Å². The zero-order valence-electron chi connectivity index (χ0n) is 5.45. The molecule has 48 valence electrons. The molecular weight excluding hydrogens is 122 g/mol. The molecule has 8 heavy (non-hydrogen) atoms. The largest absolute Gasteiger partial charge is 0.293 e. The maximum atomic E-state index is 5.46. The Kier molecular flexibility index (Phi) is 5.08. The second kappa shape index (κ2) is 5.10. The van der Waals surface area contributed by atoms with E-state index in [-0.39, 0.29) is 0 Å². The topological polar surface area (TPSA) is 12.4 Å². The highest BCUT2D eigenvalue weighted by atomic mass is 35.5. The molecule has 0 aromatic carbocycles. The van der Waals surface area contributed by atoms with Gasteiger partial charge in [-0.25, -0.2) is 0 Å². The van der Waals surface area contributed by atoms with E-state index < -0.39 is 0 Å². The predicted octanol–water partition coefficient (Wildman–Crippen LogP) is 2.10. The van der Waals surface area contributed by atoms with Crippen molar-refractivity contribution in [3.8, 4) is 0 Å². The molecular formula is C6H12ClN. The van der Waals surface area contributed by atoms with Gasteiger partial charge in [-0.3, -0.25) is 4.99 Å². The Bertz CT molecular complexity index is 78.6. The maximum Gasteiger partial charge on any atom is 0.0600 e. The van der Waals surface area contributed by atoms with Gasteiger partial charge in [0.25, 0.3) is 0 Å². The minimum Gasteiger partial charge on any atom is -0.293 e. The molecule has 0 bridgehead atoms. The first-order chi connectivity index (χ1) is 3.81. The fourth-order valence-electron chi connectivity index (χ4n) is 0.345. The molecule has 0 amide bonds. The molecule has 0 saturated carbocycles. The summed E-state index contributed by atoms with van der Waals surface area (Å²) in [6.45, 7) is 4.96. The van der Waals surface area contributed by atoms with E-state index in [0.29, 0.717) is 5.88 Å². The van der Waals surface area contributed by atoms with Crippen LogP contribution < -0.4 is 0 Å². The molecule has 0 spiro atoms. The summed E-state index contributed by atoms with van der Waals surface area (Å²) in [5.41, 5.74) is 1.04. The Balaban J connectivity index is 3.26. The van der Waals surface area contributed by atoms with Gasteiger partial charge in [-0.1, -0.05) is 6.92 Å². The first-order valence-electron chi connectivity index (χ1n) is 2.87. The van der Waals surface area contributed by atoms with E-state index in [1.165, 1.54) is 0 Å². The lowest BCUT2D eigenvalue weighted by atomic mass is 10.4. The Morgan fingerprint density at radius 1 is 1.62 bits per heavy atom. The summed E-state index contributed by atoms with van der Waals surface area (Å²) in [7, 11) is 0. The van der Waals surface area contributed by atoms with Crippen LogP contribution in [0.15, 0.2) is 4.99 Å². The van der Waals surface area contributed by atoms with Gasteiger partial charge in [0.15, 0.2) is 0 Å². The van der Waals surface area contributed by atoms with Crippen molar-refractivity contribution in [1.82, 2.24) is 0 Å². The lowest BCUT2D eigenvalue weighted by molar-refractivity contribution is 0.930. The zero-order valence-corrected chi connectivity index (χ0v) is 6.20. The highest BCUT2D eigenvalue weighted by Crippen LogP contribution is 1.84. The van der Waals surface area contributed by atoms with Crippen LogP contribution >= 0.6 is 11.6 Å². The first-order valence-corrected chi connectivity index (χ1v) is 3.40. The van der Waals surface area contributed by atoms with Crippen LogP contribution in [0.25, 0.3) is 0 Å². The van der Waals surface area contributed by atoms with E-state index in [2.05, 4.69) is 11.9 Å². The van der Waals surface area contributed by atoms with E-state index in [4.69, 9.17) is 11.6 Å². The highest BCUT2D eigenvalue weighted by Gasteiger charge is 1.82. The number of alkyl halides is 1. The number of rotatable bonds is 3. The fourth-order valence-corrected chi connectivity index (χ4v) is 0.429. The molecule has 0 N–H and O–H groups in total. The van der Waals surface area contributed by atoms with E-state index in [9.17, 15) is 0 Å². The van der Waals surface area contributed by atoms with E-state index >= 15 is 0 Å². The smallest absolute Gasteiger partial charge is 0.0600 e. The molecule has 0 aliphatic carbocycles. The molecule has 1 nitrogen and oxygen atoms in total. The van der Waals surface area contributed by atoms with Crippen molar-refractivity contribution in [1.29, 1.82) is 0 Å². The molecule has 0 unspecified atom stereocenters. The molecule has 2 heteroatoms. The van der Waals surface area contributed by atoms with Crippen molar-refractivity contribution in [3.63, 3.8) is 0 Å². The van der Waals surface area contributed by atoms with Crippen molar-refractivity contribution < 1.29 is 0 Å². The van der Waals surface area contributed by atoms with E-state index in [1.54, 1.807) is 0 Å².